The summed E-state index contributed by atoms with van der Waals surface area (Å²) >= 11 is 0. The van der Waals surface area contributed by atoms with Crippen molar-refractivity contribution in [3.8, 4) is 0 Å². The van der Waals surface area contributed by atoms with Crippen molar-refractivity contribution in [1.29, 1.82) is 0 Å². The average Bonchev–Trinajstić information content (AvgIpc) is 2.37. The molecule has 1 heterocycles. The van der Waals surface area contributed by atoms with E-state index in [-0.39, 0.29) is 0 Å². The summed E-state index contributed by atoms with van der Waals surface area (Å²) in [7, 11) is 0. The maximum Gasteiger partial charge on any atom is 0.0372 e. The highest BCUT2D eigenvalue weighted by Crippen LogP contribution is 2.23. The van der Waals surface area contributed by atoms with E-state index in [1.165, 1.54) is 27.8 Å². The van der Waals surface area contributed by atoms with Crippen LogP contribution in [0.4, 0.5) is 0 Å². The Kier molecular flexibility index (Phi) is 4.56. The van der Waals surface area contributed by atoms with Crippen LogP contribution in [0.25, 0.3) is 0 Å². The van der Waals surface area contributed by atoms with Crippen LogP contribution in [-0.2, 0) is 6.54 Å². The fourth-order valence-electron chi connectivity index (χ4n) is 2.85. The van der Waals surface area contributed by atoms with Crippen molar-refractivity contribution in [1.82, 2.24) is 10.3 Å². The van der Waals surface area contributed by atoms with E-state index < -0.39 is 0 Å². The highest BCUT2D eigenvalue weighted by Gasteiger charge is 2.11. The van der Waals surface area contributed by atoms with Crippen molar-refractivity contribution in [2.45, 2.75) is 47.2 Å². The van der Waals surface area contributed by atoms with Crippen LogP contribution in [0, 0.1) is 27.7 Å². The fraction of sp³-hybridized carbons (Fsp3) is 0.389. The molecular formula is C18H24N2. The third-order valence-corrected chi connectivity index (χ3v) is 3.76. The molecule has 0 aliphatic heterocycles. The van der Waals surface area contributed by atoms with Crippen LogP contribution in [0.2, 0.25) is 0 Å². The number of rotatable bonds is 4. The van der Waals surface area contributed by atoms with E-state index in [1.54, 1.807) is 0 Å². The van der Waals surface area contributed by atoms with E-state index in [2.05, 4.69) is 62.3 Å². The molecule has 0 aliphatic carbocycles. The summed E-state index contributed by atoms with van der Waals surface area (Å²) in [6.45, 7) is 11.6. The number of benzene rings is 1. The molecule has 0 bridgehead atoms. The Morgan fingerprint density at radius 2 is 1.70 bits per heavy atom. The Morgan fingerprint density at radius 3 is 2.25 bits per heavy atom. The molecule has 0 amide bonds. The largest absolute Gasteiger partial charge is 0.306 e. The van der Waals surface area contributed by atoms with Gasteiger partial charge in [0, 0.05) is 24.5 Å². The zero-order chi connectivity index (χ0) is 14.7. The van der Waals surface area contributed by atoms with E-state index in [0.717, 1.165) is 12.2 Å². The van der Waals surface area contributed by atoms with Crippen molar-refractivity contribution in [3.63, 3.8) is 0 Å². The highest BCUT2D eigenvalue weighted by atomic mass is 14.9. The molecule has 0 radical (unpaired) electrons. The zero-order valence-corrected chi connectivity index (χ0v) is 13.1. The van der Waals surface area contributed by atoms with E-state index >= 15 is 0 Å². The molecule has 1 atom stereocenters. The molecule has 0 spiro atoms. The van der Waals surface area contributed by atoms with Gasteiger partial charge >= 0.3 is 0 Å². The molecule has 1 aromatic carbocycles. The number of aryl methyl sites for hydroxylation is 4. The Hall–Kier alpha value is -1.67. The van der Waals surface area contributed by atoms with Crippen LogP contribution in [0.5, 0.6) is 0 Å². The van der Waals surface area contributed by atoms with Gasteiger partial charge in [0.2, 0.25) is 0 Å². The van der Waals surface area contributed by atoms with Crippen molar-refractivity contribution in [2.24, 2.45) is 0 Å². The molecule has 2 rings (SSSR count). The Labute approximate surface area is 122 Å². The summed E-state index contributed by atoms with van der Waals surface area (Å²) in [6, 6.07) is 9.06. The molecule has 0 saturated heterocycles. The minimum atomic E-state index is 0.344. The van der Waals surface area contributed by atoms with Gasteiger partial charge in [0.05, 0.1) is 0 Å². The van der Waals surface area contributed by atoms with Crippen LogP contribution < -0.4 is 5.32 Å². The molecule has 0 saturated carbocycles. The molecule has 0 aliphatic rings. The smallest absolute Gasteiger partial charge is 0.0372 e. The molecule has 1 aromatic heterocycles. The predicted octanol–water partition coefficient (Wildman–Crippen LogP) is 4.17. The van der Waals surface area contributed by atoms with Gasteiger partial charge in [-0.25, -0.2) is 0 Å². The number of nitrogens with zero attached hydrogens (tertiary/aromatic N) is 1. The number of nitrogens with one attached hydrogen (secondary N) is 1. The number of hydrogen-bond donors (Lipinski definition) is 1. The van der Waals surface area contributed by atoms with Gasteiger partial charge in [-0.1, -0.05) is 23.8 Å². The molecular weight excluding hydrogens is 244 g/mol. The number of hydrogen-bond acceptors (Lipinski definition) is 2. The average molecular weight is 268 g/mol. The second-order valence-corrected chi connectivity index (χ2v) is 5.72. The van der Waals surface area contributed by atoms with E-state index in [9.17, 15) is 0 Å². The second-order valence-electron chi connectivity index (χ2n) is 5.72. The van der Waals surface area contributed by atoms with E-state index in [0.29, 0.717) is 6.04 Å². The maximum absolute atomic E-state index is 4.34. The van der Waals surface area contributed by atoms with Crippen molar-refractivity contribution in [2.75, 3.05) is 0 Å². The minimum Gasteiger partial charge on any atom is -0.306 e. The Balaban J connectivity index is 2.09. The van der Waals surface area contributed by atoms with Gasteiger partial charge in [0.1, 0.15) is 0 Å². The summed E-state index contributed by atoms with van der Waals surface area (Å²) in [4.78, 5) is 4.34. The van der Waals surface area contributed by atoms with Crippen LogP contribution in [0.15, 0.2) is 30.5 Å². The lowest BCUT2D eigenvalue weighted by Crippen LogP contribution is -2.20. The molecule has 2 heteroatoms. The third kappa shape index (κ3) is 3.45. The van der Waals surface area contributed by atoms with Gasteiger partial charge in [-0.3, -0.25) is 4.98 Å². The van der Waals surface area contributed by atoms with Crippen LogP contribution in [0.1, 0.15) is 46.5 Å². The summed E-state index contributed by atoms with van der Waals surface area (Å²) in [5.74, 6) is 0. The van der Waals surface area contributed by atoms with Gasteiger partial charge < -0.3 is 5.32 Å². The second kappa shape index (κ2) is 6.19. The molecule has 106 valence electrons. The normalized spacial score (nSPS) is 12.4. The maximum atomic E-state index is 4.34. The van der Waals surface area contributed by atoms with E-state index in [4.69, 9.17) is 0 Å². The van der Waals surface area contributed by atoms with E-state index in [1.807, 2.05) is 13.1 Å². The van der Waals surface area contributed by atoms with Gasteiger partial charge in [-0.05, 0) is 62.9 Å². The van der Waals surface area contributed by atoms with Crippen molar-refractivity contribution < 1.29 is 0 Å². The lowest BCUT2D eigenvalue weighted by molar-refractivity contribution is 0.568. The van der Waals surface area contributed by atoms with Gasteiger partial charge in [-0.15, -0.1) is 0 Å². The first-order valence-electron chi connectivity index (χ1n) is 7.20. The first kappa shape index (κ1) is 14.7. The standard InChI is InChI=1S/C18H24N2/c1-12-8-13(2)18(14(3)9-12)16(5)20-11-17-7-6-15(4)19-10-17/h6-10,16,20H,11H2,1-5H3. The fourth-order valence-corrected chi connectivity index (χ4v) is 2.85. The summed E-state index contributed by atoms with van der Waals surface area (Å²) in [6.07, 6.45) is 1.95. The molecule has 1 unspecified atom stereocenters. The summed E-state index contributed by atoms with van der Waals surface area (Å²) in [5.41, 5.74) is 7.76. The van der Waals surface area contributed by atoms with Crippen LogP contribution >= 0.6 is 0 Å². The lowest BCUT2D eigenvalue weighted by atomic mass is 9.95. The molecule has 2 aromatic rings. The first-order chi connectivity index (χ1) is 9.47. The number of aromatic nitrogens is 1. The predicted molar refractivity (Wildman–Crippen MR) is 84.9 cm³/mol. The van der Waals surface area contributed by atoms with Crippen molar-refractivity contribution in [3.05, 3.63) is 64.0 Å². The van der Waals surface area contributed by atoms with Crippen molar-refractivity contribution >= 4 is 0 Å². The Morgan fingerprint density at radius 1 is 1.05 bits per heavy atom. The summed E-state index contributed by atoms with van der Waals surface area (Å²) < 4.78 is 0. The van der Waals surface area contributed by atoms with Crippen LogP contribution in [0.3, 0.4) is 0 Å². The molecule has 20 heavy (non-hydrogen) atoms. The minimum absolute atomic E-state index is 0.344. The Bertz CT molecular complexity index is 562. The monoisotopic (exact) mass is 268 g/mol. The molecule has 2 nitrogen and oxygen atoms in total. The third-order valence-electron chi connectivity index (χ3n) is 3.76. The molecule has 0 fully saturated rings. The van der Waals surface area contributed by atoms with Gasteiger partial charge in [0.15, 0.2) is 0 Å². The van der Waals surface area contributed by atoms with Gasteiger partial charge in [-0.2, -0.15) is 0 Å². The first-order valence-corrected chi connectivity index (χ1v) is 7.20. The number of pyridine rings is 1. The summed E-state index contributed by atoms with van der Waals surface area (Å²) in [5, 5.41) is 3.60. The van der Waals surface area contributed by atoms with Crippen LogP contribution in [-0.4, -0.2) is 4.98 Å². The molecule has 1 N–H and O–H groups in total. The zero-order valence-electron chi connectivity index (χ0n) is 13.1. The SMILES string of the molecule is Cc1cc(C)c(C(C)NCc2ccc(C)nc2)c(C)c1. The highest BCUT2D eigenvalue weighted by molar-refractivity contribution is 5.39. The quantitative estimate of drug-likeness (QED) is 0.900. The lowest BCUT2D eigenvalue weighted by Gasteiger charge is -2.20. The van der Waals surface area contributed by atoms with Gasteiger partial charge in [0.25, 0.3) is 0 Å². The topological polar surface area (TPSA) is 24.9 Å².